The number of carbonyl (C=O) groups is 1. The van der Waals surface area contributed by atoms with E-state index in [1.807, 2.05) is 48.5 Å². The monoisotopic (exact) mass is 312 g/mol. The first kappa shape index (κ1) is 16.9. The number of carbonyl (C=O) groups excluding carboxylic acids is 1. The smallest absolute Gasteiger partial charge is 0.224 e. The zero-order valence-corrected chi connectivity index (χ0v) is 13.5. The lowest BCUT2D eigenvalue weighted by Crippen LogP contribution is -2.12. The van der Waals surface area contributed by atoms with E-state index < -0.39 is 0 Å². The minimum Gasteiger partial charge on any atom is -0.494 e. The van der Waals surface area contributed by atoms with Gasteiger partial charge in [0.2, 0.25) is 5.91 Å². The fourth-order valence-electron chi connectivity index (χ4n) is 2.13. The van der Waals surface area contributed by atoms with Crippen molar-refractivity contribution in [2.45, 2.75) is 32.6 Å². The van der Waals surface area contributed by atoms with Gasteiger partial charge in [0.05, 0.1) is 6.61 Å². The Labute approximate surface area is 137 Å². The average molecular weight is 312 g/mol. The molecule has 0 bridgehead atoms. The molecule has 0 saturated carbocycles. The first-order chi connectivity index (χ1) is 11.2. The lowest BCUT2D eigenvalue weighted by atomic mass is 10.1. The van der Waals surface area contributed by atoms with Gasteiger partial charge in [-0.15, -0.1) is 0 Å². The highest BCUT2D eigenvalue weighted by atomic mass is 16.5. The minimum atomic E-state index is 0.00137. The Bertz CT molecular complexity index is 606. The van der Waals surface area contributed by atoms with Crippen molar-refractivity contribution in [1.29, 1.82) is 0 Å². The van der Waals surface area contributed by atoms with Gasteiger partial charge in [-0.1, -0.05) is 25.5 Å². The highest BCUT2D eigenvalue weighted by Gasteiger charge is 2.04. The SMILES string of the molecule is CCCCOc1ccc(NC(=O)CCc2ccc(N)cc2)cc1. The van der Waals surface area contributed by atoms with E-state index in [9.17, 15) is 4.79 Å². The number of nitrogen functional groups attached to an aromatic ring is 1. The minimum absolute atomic E-state index is 0.00137. The molecular weight excluding hydrogens is 288 g/mol. The molecule has 0 fully saturated rings. The zero-order chi connectivity index (χ0) is 16.5. The van der Waals surface area contributed by atoms with Crippen LogP contribution in [0.25, 0.3) is 0 Å². The first-order valence-corrected chi connectivity index (χ1v) is 8.04. The second kappa shape index (κ2) is 8.83. The van der Waals surface area contributed by atoms with Gasteiger partial charge >= 0.3 is 0 Å². The summed E-state index contributed by atoms with van der Waals surface area (Å²) in [5, 5.41) is 2.90. The van der Waals surface area contributed by atoms with Crippen LogP contribution in [-0.4, -0.2) is 12.5 Å². The van der Waals surface area contributed by atoms with Crippen LogP contribution in [0.3, 0.4) is 0 Å². The van der Waals surface area contributed by atoms with Crippen molar-refractivity contribution in [3.8, 4) is 5.75 Å². The Balaban J connectivity index is 1.77. The van der Waals surface area contributed by atoms with Gasteiger partial charge in [0.15, 0.2) is 0 Å². The Morgan fingerprint density at radius 1 is 1.09 bits per heavy atom. The zero-order valence-electron chi connectivity index (χ0n) is 13.5. The van der Waals surface area contributed by atoms with Gasteiger partial charge in [-0.05, 0) is 54.8 Å². The van der Waals surface area contributed by atoms with Crippen molar-refractivity contribution in [2.75, 3.05) is 17.7 Å². The third-order valence-electron chi connectivity index (χ3n) is 3.53. The van der Waals surface area contributed by atoms with Crippen LogP contribution in [0.2, 0.25) is 0 Å². The summed E-state index contributed by atoms with van der Waals surface area (Å²) in [6.45, 7) is 2.86. The van der Waals surface area contributed by atoms with Crippen molar-refractivity contribution < 1.29 is 9.53 Å². The molecule has 0 aliphatic carbocycles. The predicted octanol–water partition coefficient (Wildman–Crippen LogP) is 4.02. The van der Waals surface area contributed by atoms with Crippen LogP contribution in [0.1, 0.15) is 31.7 Å². The molecule has 0 radical (unpaired) electrons. The summed E-state index contributed by atoms with van der Waals surface area (Å²) in [6.07, 6.45) is 3.30. The van der Waals surface area contributed by atoms with Gasteiger partial charge in [0.25, 0.3) is 0 Å². The van der Waals surface area contributed by atoms with Gasteiger partial charge in [0.1, 0.15) is 5.75 Å². The molecule has 3 N–H and O–H groups in total. The molecule has 0 spiro atoms. The maximum Gasteiger partial charge on any atom is 0.224 e. The predicted molar refractivity (Wildman–Crippen MR) is 94.7 cm³/mol. The van der Waals surface area contributed by atoms with Gasteiger partial charge in [0, 0.05) is 17.8 Å². The maximum absolute atomic E-state index is 12.0. The fourth-order valence-corrected chi connectivity index (χ4v) is 2.13. The third kappa shape index (κ3) is 6.02. The molecule has 0 unspecified atom stereocenters. The van der Waals surface area contributed by atoms with Crippen LogP contribution in [0, 0.1) is 0 Å². The number of nitrogens with two attached hydrogens (primary N) is 1. The summed E-state index contributed by atoms with van der Waals surface area (Å²) < 4.78 is 5.60. The molecule has 0 saturated heterocycles. The largest absolute Gasteiger partial charge is 0.494 e. The molecule has 0 heterocycles. The van der Waals surface area contributed by atoms with Gasteiger partial charge in [-0.2, -0.15) is 0 Å². The first-order valence-electron chi connectivity index (χ1n) is 8.04. The van der Waals surface area contributed by atoms with Gasteiger partial charge in [-0.3, -0.25) is 4.79 Å². The van der Waals surface area contributed by atoms with Crippen molar-refractivity contribution in [3.05, 3.63) is 54.1 Å². The van der Waals surface area contributed by atoms with Crippen LogP contribution in [0.4, 0.5) is 11.4 Å². The van der Waals surface area contributed by atoms with Crippen molar-refractivity contribution >= 4 is 17.3 Å². The number of benzene rings is 2. The summed E-state index contributed by atoms with van der Waals surface area (Å²) >= 11 is 0. The Hall–Kier alpha value is -2.49. The van der Waals surface area contributed by atoms with E-state index in [0.29, 0.717) is 12.8 Å². The van der Waals surface area contributed by atoms with E-state index >= 15 is 0 Å². The molecule has 4 nitrogen and oxygen atoms in total. The molecule has 4 heteroatoms. The van der Waals surface area contributed by atoms with E-state index in [1.165, 1.54) is 0 Å². The molecule has 23 heavy (non-hydrogen) atoms. The van der Waals surface area contributed by atoms with Crippen molar-refractivity contribution in [2.24, 2.45) is 0 Å². The van der Waals surface area contributed by atoms with Crippen molar-refractivity contribution in [1.82, 2.24) is 0 Å². The van der Waals surface area contributed by atoms with E-state index in [1.54, 1.807) is 0 Å². The van der Waals surface area contributed by atoms with Gasteiger partial charge < -0.3 is 15.8 Å². The average Bonchev–Trinajstić information content (AvgIpc) is 2.56. The van der Waals surface area contributed by atoms with E-state index in [0.717, 1.165) is 42.1 Å². The molecule has 2 aromatic rings. The number of hydrogen-bond donors (Lipinski definition) is 2. The maximum atomic E-state index is 12.0. The van der Waals surface area contributed by atoms with Crippen LogP contribution in [-0.2, 0) is 11.2 Å². The number of nitrogens with one attached hydrogen (secondary N) is 1. The van der Waals surface area contributed by atoms with E-state index in [-0.39, 0.29) is 5.91 Å². The van der Waals surface area contributed by atoms with E-state index in [2.05, 4.69) is 12.2 Å². The number of unbranched alkanes of at least 4 members (excludes halogenated alkanes) is 1. The number of hydrogen-bond acceptors (Lipinski definition) is 3. The number of amides is 1. The molecular formula is C19H24N2O2. The topological polar surface area (TPSA) is 64.3 Å². The molecule has 122 valence electrons. The number of ether oxygens (including phenoxy) is 1. The number of rotatable bonds is 8. The Morgan fingerprint density at radius 2 is 1.78 bits per heavy atom. The van der Waals surface area contributed by atoms with Crippen LogP contribution >= 0.6 is 0 Å². The Morgan fingerprint density at radius 3 is 2.43 bits per heavy atom. The number of aryl methyl sites for hydroxylation is 1. The third-order valence-corrected chi connectivity index (χ3v) is 3.53. The highest BCUT2D eigenvalue weighted by Crippen LogP contribution is 2.16. The lowest BCUT2D eigenvalue weighted by molar-refractivity contribution is -0.116. The quantitative estimate of drug-likeness (QED) is 0.571. The van der Waals surface area contributed by atoms with E-state index in [4.69, 9.17) is 10.5 Å². The summed E-state index contributed by atoms with van der Waals surface area (Å²) in [4.78, 5) is 12.0. The van der Waals surface area contributed by atoms with Crippen molar-refractivity contribution in [3.63, 3.8) is 0 Å². The van der Waals surface area contributed by atoms with Crippen LogP contribution in [0.5, 0.6) is 5.75 Å². The molecule has 0 aliphatic rings. The molecule has 0 aliphatic heterocycles. The normalized spacial score (nSPS) is 10.3. The molecule has 0 atom stereocenters. The van der Waals surface area contributed by atoms with Gasteiger partial charge in [-0.25, -0.2) is 0 Å². The lowest BCUT2D eigenvalue weighted by Gasteiger charge is -2.08. The molecule has 0 aromatic heterocycles. The summed E-state index contributed by atoms with van der Waals surface area (Å²) in [7, 11) is 0. The molecule has 2 rings (SSSR count). The highest BCUT2D eigenvalue weighted by molar-refractivity contribution is 5.90. The molecule has 2 aromatic carbocycles. The summed E-state index contributed by atoms with van der Waals surface area (Å²) in [6, 6.07) is 15.1. The van der Waals surface area contributed by atoms with Crippen LogP contribution < -0.4 is 15.8 Å². The summed E-state index contributed by atoms with van der Waals surface area (Å²) in [5.41, 5.74) is 8.27. The second-order valence-electron chi connectivity index (χ2n) is 5.52. The fraction of sp³-hybridized carbons (Fsp3) is 0.316. The Kier molecular flexibility index (Phi) is 6.48. The standard InChI is InChI=1S/C19H24N2O2/c1-2-3-14-23-18-11-9-17(10-12-18)21-19(22)13-6-15-4-7-16(20)8-5-15/h4-5,7-12H,2-3,6,13-14,20H2,1H3,(H,21,22). The van der Waals surface area contributed by atoms with Crippen LogP contribution in [0.15, 0.2) is 48.5 Å². The second-order valence-corrected chi connectivity index (χ2v) is 5.52. The summed E-state index contributed by atoms with van der Waals surface area (Å²) in [5.74, 6) is 0.833. The molecule has 1 amide bonds. The number of anilines is 2.